The quantitative estimate of drug-likeness (QED) is 0.870. The second-order valence-corrected chi connectivity index (χ2v) is 4.89. The second kappa shape index (κ2) is 6.76. The fraction of sp³-hybridized carbons (Fsp3) is 0.600. The molecule has 0 saturated carbocycles. The van der Waals surface area contributed by atoms with Gasteiger partial charge in [-0.05, 0) is 31.4 Å². The number of piperidine rings is 1. The predicted molar refractivity (Wildman–Crippen MR) is 73.1 cm³/mol. The number of para-hydroxylation sites is 1. The molecular weight excluding hydrogens is 226 g/mol. The maximum absolute atomic E-state index is 5.56. The number of hydrogen-bond donors (Lipinski definition) is 1. The highest BCUT2D eigenvalue weighted by Gasteiger charge is 2.16. The fourth-order valence-corrected chi connectivity index (χ4v) is 2.69. The topological polar surface area (TPSA) is 30.5 Å². The van der Waals surface area contributed by atoms with Crippen molar-refractivity contribution in [2.75, 3.05) is 20.8 Å². The van der Waals surface area contributed by atoms with Gasteiger partial charge in [0, 0.05) is 18.7 Å². The van der Waals surface area contributed by atoms with Gasteiger partial charge in [0.2, 0.25) is 0 Å². The highest BCUT2D eigenvalue weighted by Crippen LogP contribution is 2.26. The van der Waals surface area contributed by atoms with Crippen LogP contribution in [0.25, 0.3) is 0 Å². The van der Waals surface area contributed by atoms with Crippen LogP contribution in [0.3, 0.4) is 0 Å². The normalized spacial score (nSPS) is 19.8. The fourth-order valence-electron chi connectivity index (χ4n) is 2.69. The maximum atomic E-state index is 5.56. The summed E-state index contributed by atoms with van der Waals surface area (Å²) in [7, 11) is 3.46. The highest BCUT2D eigenvalue weighted by atomic mass is 16.5. The minimum absolute atomic E-state index is 0.588. The van der Waals surface area contributed by atoms with Gasteiger partial charge in [0.05, 0.1) is 13.7 Å². The number of methoxy groups -OCH3 is 2. The van der Waals surface area contributed by atoms with E-state index in [9.17, 15) is 0 Å². The standard InChI is InChI=1S/C15H23NO2/c1-17-11-13-7-5-6-12(15(13)18-2)10-14-8-3-4-9-16-14/h5-7,14,16H,3-4,8-11H2,1-2H3. The van der Waals surface area contributed by atoms with Gasteiger partial charge in [-0.15, -0.1) is 0 Å². The lowest BCUT2D eigenvalue weighted by Gasteiger charge is -2.24. The van der Waals surface area contributed by atoms with E-state index in [2.05, 4.69) is 23.5 Å². The van der Waals surface area contributed by atoms with E-state index in [0.717, 1.165) is 24.3 Å². The Morgan fingerprint density at radius 3 is 2.72 bits per heavy atom. The van der Waals surface area contributed by atoms with E-state index < -0.39 is 0 Å². The van der Waals surface area contributed by atoms with Crippen molar-refractivity contribution in [1.29, 1.82) is 0 Å². The molecule has 0 spiro atoms. The molecule has 1 unspecified atom stereocenters. The molecule has 1 fully saturated rings. The van der Waals surface area contributed by atoms with Gasteiger partial charge in [0.15, 0.2) is 0 Å². The van der Waals surface area contributed by atoms with Crippen LogP contribution in [-0.4, -0.2) is 26.8 Å². The molecule has 3 nitrogen and oxygen atoms in total. The first-order chi connectivity index (χ1) is 8.85. The Morgan fingerprint density at radius 1 is 1.22 bits per heavy atom. The summed E-state index contributed by atoms with van der Waals surface area (Å²) in [6.45, 7) is 1.75. The monoisotopic (exact) mass is 249 g/mol. The Bertz CT molecular complexity index is 373. The first-order valence-electron chi connectivity index (χ1n) is 6.72. The minimum Gasteiger partial charge on any atom is -0.496 e. The molecule has 0 aliphatic carbocycles. The van der Waals surface area contributed by atoms with Crippen LogP contribution in [0.1, 0.15) is 30.4 Å². The molecule has 0 radical (unpaired) electrons. The largest absolute Gasteiger partial charge is 0.496 e. The van der Waals surface area contributed by atoms with Crippen LogP contribution in [-0.2, 0) is 17.8 Å². The summed E-state index contributed by atoms with van der Waals surface area (Å²) in [5.41, 5.74) is 2.42. The van der Waals surface area contributed by atoms with Crippen LogP contribution in [0.5, 0.6) is 5.75 Å². The molecule has 2 rings (SSSR count). The lowest BCUT2D eigenvalue weighted by molar-refractivity contribution is 0.181. The van der Waals surface area contributed by atoms with Crippen LogP contribution >= 0.6 is 0 Å². The van der Waals surface area contributed by atoms with E-state index in [-0.39, 0.29) is 0 Å². The molecule has 0 amide bonds. The summed E-state index contributed by atoms with van der Waals surface area (Å²) in [6.07, 6.45) is 4.94. The van der Waals surface area contributed by atoms with Gasteiger partial charge < -0.3 is 14.8 Å². The zero-order valence-electron chi connectivity index (χ0n) is 11.4. The third kappa shape index (κ3) is 3.24. The van der Waals surface area contributed by atoms with Crippen molar-refractivity contribution in [3.05, 3.63) is 29.3 Å². The SMILES string of the molecule is COCc1cccc(CC2CCCCN2)c1OC. The van der Waals surface area contributed by atoms with Gasteiger partial charge in [0.1, 0.15) is 5.75 Å². The summed E-state index contributed by atoms with van der Waals surface area (Å²) in [5.74, 6) is 0.992. The van der Waals surface area contributed by atoms with E-state index in [4.69, 9.17) is 9.47 Å². The Morgan fingerprint density at radius 2 is 2.06 bits per heavy atom. The number of hydrogen-bond acceptors (Lipinski definition) is 3. The second-order valence-electron chi connectivity index (χ2n) is 4.89. The number of rotatable bonds is 5. The van der Waals surface area contributed by atoms with Crippen LogP contribution < -0.4 is 10.1 Å². The molecule has 1 saturated heterocycles. The summed E-state index contributed by atoms with van der Waals surface area (Å²) in [6, 6.07) is 6.91. The molecule has 1 aliphatic heterocycles. The summed E-state index contributed by atoms with van der Waals surface area (Å²) in [5, 5.41) is 3.58. The van der Waals surface area contributed by atoms with Crippen molar-refractivity contribution in [3.8, 4) is 5.75 Å². The molecule has 0 aromatic heterocycles. The number of ether oxygens (including phenoxy) is 2. The molecule has 1 aromatic rings. The molecule has 0 bridgehead atoms. The van der Waals surface area contributed by atoms with Crippen LogP contribution in [0, 0.1) is 0 Å². The average molecular weight is 249 g/mol. The van der Waals surface area contributed by atoms with E-state index in [1.165, 1.54) is 24.8 Å². The zero-order chi connectivity index (χ0) is 12.8. The Balaban J connectivity index is 2.12. The molecular formula is C15H23NO2. The Labute approximate surface area is 109 Å². The molecule has 1 aromatic carbocycles. The summed E-state index contributed by atoms with van der Waals surface area (Å²) in [4.78, 5) is 0. The molecule has 100 valence electrons. The lowest BCUT2D eigenvalue weighted by atomic mass is 9.96. The molecule has 1 N–H and O–H groups in total. The van der Waals surface area contributed by atoms with Crippen molar-refractivity contribution < 1.29 is 9.47 Å². The highest BCUT2D eigenvalue weighted by molar-refractivity contribution is 5.41. The van der Waals surface area contributed by atoms with E-state index in [1.807, 2.05) is 0 Å². The molecule has 1 atom stereocenters. The van der Waals surface area contributed by atoms with Gasteiger partial charge in [-0.1, -0.05) is 24.6 Å². The zero-order valence-corrected chi connectivity index (χ0v) is 11.4. The van der Waals surface area contributed by atoms with Crippen LogP contribution in [0.15, 0.2) is 18.2 Å². The Kier molecular flexibility index (Phi) is 5.02. The van der Waals surface area contributed by atoms with Gasteiger partial charge >= 0.3 is 0 Å². The van der Waals surface area contributed by atoms with E-state index in [1.54, 1.807) is 14.2 Å². The lowest BCUT2D eigenvalue weighted by Crippen LogP contribution is -2.35. The van der Waals surface area contributed by atoms with Crippen LogP contribution in [0.4, 0.5) is 0 Å². The third-order valence-electron chi connectivity index (χ3n) is 3.56. The smallest absolute Gasteiger partial charge is 0.127 e. The van der Waals surface area contributed by atoms with Crippen molar-refractivity contribution in [2.45, 2.75) is 38.3 Å². The molecule has 1 heterocycles. The average Bonchev–Trinajstić information content (AvgIpc) is 2.41. The van der Waals surface area contributed by atoms with Crippen molar-refractivity contribution in [1.82, 2.24) is 5.32 Å². The van der Waals surface area contributed by atoms with Crippen LogP contribution in [0.2, 0.25) is 0 Å². The number of benzene rings is 1. The summed E-state index contributed by atoms with van der Waals surface area (Å²) < 4.78 is 10.8. The molecule has 1 aliphatic rings. The maximum Gasteiger partial charge on any atom is 0.127 e. The first-order valence-corrected chi connectivity index (χ1v) is 6.72. The third-order valence-corrected chi connectivity index (χ3v) is 3.56. The van der Waals surface area contributed by atoms with Gasteiger partial charge in [0.25, 0.3) is 0 Å². The predicted octanol–water partition coefficient (Wildman–Crippen LogP) is 2.53. The van der Waals surface area contributed by atoms with Crippen molar-refractivity contribution >= 4 is 0 Å². The first kappa shape index (κ1) is 13.4. The van der Waals surface area contributed by atoms with Gasteiger partial charge in [-0.25, -0.2) is 0 Å². The van der Waals surface area contributed by atoms with E-state index in [0.29, 0.717) is 12.6 Å². The van der Waals surface area contributed by atoms with E-state index >= 15 is 0 Å². The minimum atomic E-state index is 0.588. The van der Waals surface area contributed by atoms with Gasteiger partial charge in [-0.2, -0.15) is 0 Å². The summed E-state index contributed by atoms with van der Waals surface area (Å²) >= 11 is 0. The molecule has 3 heteroatoms. The van der Waals surface area contributed by atoms with Crippen molar-refractivity contribution in [3.63, 3.8) is 0 Å². The Hall–Kier alpha value is -1.06. The van der Waals surface area contributed by atoms with Gasteiger partial charge in [-0.3, -0.25) is 0 Å². The molecule has 18 heavy (non-hydrogen) atoms. The number of nitrogens with one attached hydrogen (secondary N) is 1. The van der Waals surface area contributed by atoms with Crippen molar-refractivity contribution in [2.24, 2.45) is 0 Å².